The third kappa shape index (κ3) is 1.83. The number of rotatable bonds is 3. The molecule has 0 amide bonds. The van der Waals surface area contributed by atoms with E-state index in [4.69, 9.17) is 9.47 Å². The lowest BCUT2D eigenvalue weighted by Gasteiger charge is -2.43. The van der Waals surface area contributed by atoms with Crippen LogP contribution in [0.15, 0.2) is 18.2 Å². The zero-order chi connectivity index (χ0) is 11.9. The summed E-state index contributed by atoms with van der Waals surface area (Å²) in [7, 11) is 0. The number of benzene rings is 1. The Balaban J connectivity index is 1.77. The molecule has 17 heavy (non-hydrogen) atoms. The summed E-state index contributed by atoms with van der Waals surface area (Å²) in [5.74, 6) is 0.970. The molecule has 1 fully saturated rings. The van der Waals surface area contributed by atoms with Crippen molar-refractivity contribution in [2.24, 2.45) is 0 Å². The predicted octanol–water partition coefficient (Wildman–Crippen LogP) is 2.01. The number of fused-ring (bicyclic) bond motifs is 1. The molecule has 1 heterocycles. The van der Waals surface area contributed by atoms with E-state index < -0.39 is 5.60 Å². The van der Waals surface area contributed by atoms with Gasteiger partial charge in [-0.3, -0.25) is 0 Å². The molecule has 3 nitrogen and oxygen atoms in total. The van der Waals surface area contributed by atoms with Gasteiger partial charge in [0.2, 0.25) is 0 Å². The fourth-order valence-corrected chi connectivity index (χ4v) is 2.76. The van der Waals surface area contributed by atoms with E-state index in [1.165, 1.54) is 5.56 Å². The maximum absolute atomic E-state index is 10.5. The van der Waals surface area contributed by atoms with Crippen LogP contribution in [-0.4, -0.2) is 24.4 Å². The SMILES string of the molecule is CCOC1CC(O)(c2ccc3c(c2)CCO3)C1. The van der Waals surface area contributed by atoms with E-state index in [1.54, 1.807) is 0 Å². The Morgan fingerprint density at radius 3 is 3.06 bits per heavy atom. The van der Waals surface area contributed by atoms with Gasteiger partial charge in [-0.15, -0.1) is 0 Å². The highest BCUT2D eigenvalue weighted by molar-refractivity contribution is 5.42. The first kappa shape index (κ1) is 11.1. The summed E-state index contributed by atoms with van der Waals surface area (Å²) in [6.45, 7) is 3.47. The molecule has 1 aromatic carbocycles. The summed E-state index contributed by atoms with van der Waals surface area (Å²) in [5.41, 5.74) is 1.55. The van der Waals surface area contributed by atoms with Crippen LogP contribution < -0.4 is 4.74 Å². The van der Waals surface area contributed by atoms with Gasteiger partial charge in [-0.05, 0) is 30.2 Å². The van der Waals surface area contributed by atoms with Crippen LogP contribution >= 0.6 is 0 Å². The average Bonchev–Trinajstić information content (AvgIpc) is 2.73. The van der Waals surface area contributed by atoms with Gasteiger partial charge in [0.15, 0.2) is 0 Å². The molecule has 3 heteroatoms. The van der Waals surface area contributed by atoms with Crippen LogP contribution in [0.1, 0.15) is 30.9 Å². The highest BCUT2D eigenvalue weighted by Gasteiger charge is 2.44. The average molecular weight is 234 g/mol. The molecule has 3 rings (SSSR count). The van der Waals surface area contributed by atoms with Gasteiger partial charge in [0.05, 0.1) is 18.3 Å². The monoisotopic (exact) mass is 234 g/mol. The van der Waals surface area contributed by atoms with E-state index >= 15 is 0 Å². The van der Waals surface area contributed by atoms with Crippen LogP contribution in [0.5, 0.6) is 5.75 Å². The Hall–Kier alpha value is -1.06. The molecule has 0 saturated heterocycles. The summed E-state index contributed by atoms with van der Waals surface area (Å²) in [5, 5.41) is 10.5. The van der Waals surface area contributed by atoms with Crippen LogP contribution in [0, 0.1) is 0 Å². The van der Waals surface area contributed by atoms with Crippen molar-refractivity contribution in [2.75, 3.05) is 13.2 Å². The zero-order valence-electron chi connectivity index (χ0n) is 10.1. The van der Waals surface area contributed by atoms with Crippen molar-refractivity contribution in [3.63, 3.8) is 0 Å². The van der Waals surface area contributed by atoms with Crippen LogP contribution in [0.4, 0.5) is 0 Å². The molecule has 0 bridgehead atoms. The standard InChI is InChI=1S/C14H18O3/c1-2-16-12-8-14(15,9-12)11-3-4-13-10(7-11)5-6-17-13/h3-4,7,12,15H,2,5-6,8-9H2,1H3. The molecule has 92 valence electrons. The predicted molar refractivity (Wildman–Crippen MR) is 64.2 cm³/mol. The largest absolute Gasteiger partial charge is 0.493 e. The second-order valence-electron chi connectivity index (χ2n) is 4.94. The minimum Gasteiger partial charge on any atom is -0.493 e. The van der Waals surface area contributed by atoms with Gasteiger partial charge >= 0.3 is 0 Å². The van der Waals surface area contributed by atoms with Crippen LogP contribution in [0.2, 0.25) is 0 Å². The van der Waals surface area contributed by atoms with Gasteiger partial charge in [0.25, 0.3) is 0 Å². The van der Waals surface area contributed by atoms with E-state index in [2.05, 4.69) is 6.07 Å². The smallest absolute Gasteiger partial charge is 0.122 e. The minimum atomic E-state index is -0.683. The van der Waals surface area contributed by atoms with Crippen molar-refractivity contribution in [1.29, 1.82) is 0 Å². The molecule has 1 saturated carbocycles. The van der Waals surface area contributed by atoms with Gasteiger partial charge < -0.3 is 14.6 Å². The number of hydrogen-bond acceptors (Lipinski definition) is 3. The number of aliphatic hydroxyl groups is 1. The van der Waals surface area contributed by atoms with Crippen LogP contribution in [0.25, 0.3) is 0 Å². The Bertz CT molecular complexity index is 421. The molecule has 0 spiro atoms. The van der Waals surface area contributed by atoms with Gasteiger partial charge in [-0.2, -0.15) is 0 Å². The van der Waals surface area contributed by atoms with Gasteiger partial charge in [-0.1, -0.05) is 6.07 Å². The Morgan fingerprint density at radius 1 is 1.47 bits per heavy atom. The lowest BCUT2D eigenvalue weighted by molar-refractivity contribution is -0.142. The molecule has 1 N–H and O–H groups in total. The summed E-state index contributed by atoms with van der Waals surface area (Å²) < 4.78 is 11.0. The highest BCUT2D eigenvalue weighted by Crippen LogP contribution is 2.44. The number of ether oxygens (including phenoxy) is 2. The highest BCUT2D eigenvalue weighted by atomic mass is 16.5. The molecular weight excluding hydrogens is 216 g/mol. The van der Waals surface area contributed by atoms with E-state index in [1.807, 2.05) is 19.1 Å². The second kappa shape index (κ2) is 4.00. The van der Waals surface area contributed by atoms with Gasteiger partial charge in [0.1, 0.15) is 5.75 Å². The quantitative estimate of drug-likeness (QED) is 0.869. The molecule has 0 atom stereocenters. The van der Waals surface area contributed by atoms with Crippen molar-refractivity contribution in [3.05, 3.63) is 29.3 Å². The summed E-state index contributed by atoms with van der Waals surface area (Å²) in [6, 6.07) is 6.04. The first-order chi connectivity index (χ1) is 8.21. The van der Waals surface area contributed by atoms with Crippen molar-refractivity contribution in [1.82, 2.24) is 0 Å². The lowest BCUT2D eigenvalue weighted by Crippen LogP contribution is -2.45. The van der Waals surface area contributed by atoms with Gasteiger partial charge in [0, 0.05) is 25.9 Å². The third-order valence-corrected chi connectivity index (χ3v) is 3.76. The molecule has 0 unspecified atom stereocenters. The molecule has 1 aliphatic carbocycles. The van der Waals surface area contributed by atoms with Gasteiger partial charge in [-0.25, -0.2) is 0 Å². The fourth-order valence-electron chi connectivity index (χ4n) is 2.76. The third-order valence-electron chi connectivity index (χ3n) is 3.76. The first-order valence-corrected chi connectivity index (χ1v) is 6.31. The zero-order valence-corrected chi connectivity index (χ0v) is 10.1. The molecule has 0 radical (unpaired) electrons. The summed E-state index contributed by atoms with van der Waals surface area (Å²) in [6.07, 6.45) is 2.59. The minimum absolute atomic E-state index is 0.217. The van der Waals surface area contributed by atoms with Crippen LogP contribution in [-0.2, 0) is 16.8 Å². The van der Waals surface area contributed by atoms with Crippen molar-refractivity contribution < 1.29 is 14.6 Å². The molecule has 0 aromatic heterocycles. The lowest BCUT2D eigenvalue weighted by atomic mass is 9.72. The van der Waals surface area contributed by atoms with E-state index in [-0.39, 0.29) is 6.10 Å². The maximum Gasteiger partial charge on any atom is 0.122 e. The van der Waals surface area contributed by atoms with E-state index in [0.717, 1.165) is 30.9 Å². The molecular formula is C14H18O3. The maximum atomic E-state index is 10.5. The van der Waals surface area contributed by atoms with E-state index in [0.29, 0.717) is 12.8 Å². The normalized spacial score (nSPS) is 30.6. The number of hydrogen-bond donors (Lipinski definition) is 1. The second-order valence-corrected chi connectivity index (χ2v) is 4.94. The Kier molecular flexibility index (Phi) is 2.60. The Morgan fingerprint density at radius 2 is 2.29 bits per heavy atom. The van der Waals surface area contributed by atoms with Crippen LogP contribution in [0.3, 0.4) is 0 Å². The fraction of sp³-hybridized carbons (Fsp3) is 0.571. The van der Waals surface area contributed by atoms with Crippen molar-refractivity contribution >= 4 is 0 Å². The Labute approximate surface area is 101 Å². The topological polar surface area (TPSA) is 38.7 Å². The summed E-state index contributed by atoms with van der Waals surface area (Å²) in [4.78, 5) is 0. The molecule has 1 aliphatic heterocycles. The van der Waals surface area contributed by atoms with E-state index in [9.17, 15) is 5.11 Å². The van der Waals surface area contributed by atoms with Crippen molar-refractivity contribution in [3.8, 4) is 5.75 Å². The van der Waals surface area contributed by atoms with Crippen molar-refractivity contribution in [2.45, 2.75) is 37.9 Å². The molecule has 1 aromatic rings. The summed E-state index contributed by atoms with van der Waals surface area (Å²) >= 11 is 0. The molecule has 2 aliphatic rings. The first-order valence-electron chi connectivity index (χ1n) is 6.31.